The normalized spacial score (nSPS) is 16.2. The van der Waals surface area contributed by atoms with Crippen LogP contribution in [0, 0.1) is 0 Å². The van der Waals surface area contributed by atoms with Gasteiger partial charge in [0.1, 0.15) is 5.76 Å². The van der Waals surface area contributed by atoms with Gasteiger partial charge in [-0.05, 0) is 31.0 Å². The van der Waals surface area contributed by atoms with E-state index in [0.29, 0.717) is 18.2 Å². The van der Waals surface area contributed by atoms with Crippen molar-refractivity contribution < 1.29 is 13.9 Å². The van der Waals surface area contributed by atoms with Gasteiger partial charge in [-0.2, -0.15) is 0 Å². The molecule has 0 bridgehead atoms. The Hall–Kier alpha value is -3.04. The van der Waals surface area contributed by atoms with E-state index in [9.17, 15) is 4.79 Å². The van der Waals surface area contributed by atoms with Crippen molar-refractivity contribution in [1.29, 1.82) is 0 Å². The van der Waals surface area contributed by atoms with E-state index in [1.807, 2.05) is 30.5 Å². The number of aromatic amines is 1. The summed E-state index contributed by atoms with van der Waals surface area (Å²) in [6, 6.07) is 11.8. The standard InChI is InChI=1S/C22H23N5O3S/c28-20(24-11-15-5-3-9-29-15)14-31-22-26-25-21(27(22)13-16-6-4-10-30-16)18-12-23-19-8-2-1-7-17(18)19/h1-3,5,7-9,12,16,23H,4,6,10-11,13-14H2,(H,24,28). The third-order valence-corrected chi connectivity index (χ3v) is 6.30. The second kappa shape index (κ2) is 8.99. The van der Waals surface area contributed by atoms with Crippen molar-refractivity contribution in [2.45, 2.75) is 37.2 Å². The average molecular weight is 438 g/mol. The molecular weight excluding hydrogens is 414 g/mol. The fraction of sp³-hybridized carbons (Fsp3) is 0.318. The molecule has 3 aromatic heterocycles. The number of benzene rings is 1. The van der Waals surface area contributed by atoms with E-state index in [-0.39, 0.29) is 17.8 Å². The molecule has 8 nitrogen and oxygen atoms in total. The van der Waals surface area contributed by atoms with Crippen molar-refractivity contribution in [3.8, 4) is 11.4 Å². The SMILES string of the molecule is O=C(CSc1nnc(-c2c[nH]c3ccccc23)n1CC1CCCO1)NCc1ccco1. The van der Waals surface area contributed by atoms with Gasteiger partial charge in [-0.1, -0.05) is 30.0 Å². The van der Waals surface area contributed by atoms with E-state index in [0.717, 1.165) is 47.5 Å². The number of nitrogens with zero attached hydrogens (tertiary/aromatic N) is 3. The number of H-pyrrole nitrogens is 1. The number of furan rings is 1. The Bertz CT molecular complexity index is 1160. The zero-order valence-corrected chi connectivity index (χ0v) is 17.7. The molecule has 1 aliphatic rings. The molecule has 1 atom stereocenters. The zero-order chi connectivity index (χ0) is 21.0. The summed E-state index contributed by atoms with van der Waals surface area (Å²) >= 11 is 1.38. The predicted molar refractivity (Wildman–Crippen MR) is 118 cm³/mol. The van der Waals surface area contributed by atoms with Gasteiger partial charge in [0.2, 0.25) is 5.91 Å². The van der Waals surface area contributed by atoms with Crippen molar-refractivity contribution in [3.05, 3.63) is 54.6 Å². The molecule has 160 valence electrons. The van der Waals surface area contributed by atoms with Crippen molar-refractivity contribution in [1.82, 2.24) is 25.1 Å². The van der Waals surface area contributed by atoms with Crippen LogP contribution in [-0.2, 0) is 22.6 Å². The molecular formula is C22H23N5O3S. The lowest BCUT2D eigenvalue weighted by Crippen LogP contribution is -2.24. The summed E-state index contributed by atoms with van der Waals surface area (Å²) < 4.78 is 13.2. The van der Waals surface area contributed by atoms with Gasteiger partial charge >= 0.3 is 0 Å². The lowest BCUT2D eigenvalue weighted by Gasteiger charge is -2.14. The Balaban J connectivity index is 1.36. The molecule has 1 amide bonds. The van der Waals surface area contributed by atoms with Gasteiger partial charge in [0.25, 0.3) is 0 Å². The van der Waals surface area contributed by atoms with Crippen LogP contribution < -0.4 is 5.32 Å². The summed E-state index contributed by atoms with van der Waals surface area (Å²) in [5.74, 6) is 1.67. The van der Waals surface area contributed by atoms with Gasteiger partial charge in [0, 0.05) is 29.3 Å². The van der Waals surface area contributed by atoms with E-state index in [1.54, 1.807) is 12.3 Å². The molecule has 1 fully saturated rings. The van der Waals surface area contributed by atoms with E-state index in [1.165, 1.54) is 11.8 Å². The summed E-state index contributed by atoms with van der Waals surface area (Å²) in [4.78, 5) is 15.6. The molecule has 4 aromatic rings. The first-order valence-electron chi connectivity index (χ1n) is 10.3. The minimum absolute atomic E-state index is 0.0817. The first-order chi connectivity index (χ1) is 15.3. The minimum Gasteiger partial charge on any atom is -0.467 e. The number of aromatic nitrogens is 4. The van der Waals surface area contributed by atoms with Crippen molar-refractivity contribution in [3.63, 3.8) is 0 Å². The molecule has 0 spiro atoms. The Morgan fingerprint density at radius 1 is 1.26 bits per heavy atom. The number of amides is 1. The van der Waals surface area contributed by atoms with Gasteiger partial charge in [-0.3, -0.25) is 9.36 Å². The number of carbonyl (C=O) groups is 1. The van der Waals surface area contributed by atoms with E-state index in [2.05, 4.69) is 31.1 Å². The third-order valence-electron chi connectivity index (χ3n) is 5.33. The fourth-order valence-electron chi connectivity index (χ4n) is 3.79. The molecule has 1 aromatic carbocycles. The zero-order valence-electron chi connectivity index (χ0n) is 16.9. The molecule has 2 N–H and O–H groups in total. The highest BCUT2D eigenvalue weighted by molar-refractivity contribution is 7.99. The van der Waals surface area contributed by atoms with Gasteiger partial charge in [0.05, 0.1) is 31.2 Å². The van der Waals surface area contributed by atoms with Gasteiger partial charge in [-0.25, -0.2) is 0 Å². The number of nitrogens with one attached hydrogen (secondary N) is 2. The Morgan fingerprint density at radius 3 is 3.03 bits per heavy atom. The third kappa shape index (κ3) is 4.38. The van der Waals surface area contributed by atoms with Gasteiger partial charge < -0.3 is 19.5 Å². The molecule has 1 unspecified atom stereocenters. The summed E-state index contributed by atoms with van der Waals surface area (Å²) in [6.07, 6.45) is 5.76. The Morgan fingerprint density at radius 2 is 2.19 bits per heavy atom. The molecule has 1 aliphatic heterocycles. The number of fused-ring (bicyclic) bond motifs is 1. The number of ether oxygens (including phenoxy) is 1. The summed E-state index contributed by atoms with van der Waals surface area (Å²) in [6.45, 7) is 1.82. The second-order valence-corrected chi connectivity index (χ2v) is 8.39. The highest BCUT2D eigenvalue weighted by Crippen LogP contribution is 2.31. The molecule has 0 aliphatic carbocycles. The van der Waals surface area contributed by atoms with Crippen LogP contribution in [0.15, 0.2) is 58.4 Å². The molecule has 0 saturated carbocycles. The highest BCUT2D eigenvalue weighted by atomic mass is 32.2. The van der Waals surface area contributed by atoms with Crippen LogP contribution in [0.25, 0.3) is 22.3 Å². The molecule has 0 radical (unpaired) electrons. The Kier molecular flexibility index (Phi) is 5.77. The average Bonchev–Trinajstić information content (AvgIpc) is 3.59. The van der Waals surface area contributed by atoms with Crippen LogP contribution in [0.2, 0.25) is 0 Å². The van der Waals surface area contributed by atoms with E-state index in [4.69, 9.17) is 9.15 Å². The number of para-hydroxylation sites is 1. The van der Waals surface area contributed by atoms with Gasteiger partial charge in [0.15, 0.2) is 11.0 Å². The van der Waals surface area contributed by atoms with Crippen molar-refractivity contribution in [2.75, 3.05) is 12.4 Å². The van der Waals surface area contributed by atoms with Gasteiger partial charge in [-0.15, -0.1) is 10.2 Å². The topological polar surface area (TPSA) is 98.0 Å². The van der Waals surface area contributed by atoms with Crippen LogP contribution in [0.5, 0.6) is 0 Å². The van der Waals surface area contributed by atoms with E-state index < -0.39 is 0 Å². The molecule has 4 heterocycles. The monoisotopic (exact) mass is 437 g/mol. The molecule has 31 heavy (non-hydrogen) atoms. The number of thioether (sulfide) groups is 1. The maximum atomic E-state index is 12.3. The first kappa shape index (κ1) is 19.9. The van der Waals surface area contributed by atoms with E-state index >= 15 is 0 Å². The summed E-state index contributed by atoms with van der Waals surface area (Å²) in [5, 5.41) is 13.6. The summed E-state index contributed by atoms with van der Waals surface area (Å²) in [7, 11) is 0. The lowest BCUT2D eigenvalue weighted by molar-refractivity contribution is -0.118. The number of rotatable bonds is 8. The second-order valence-electron chi connectivity index (χ2n) is 7.44. The number of hydrogen-bond acceptors (Lipinski definition) is 6. The van der Waals surface area contributed by atoms with Crippen molar-refractivity contribution >= 4 is 28.6 Å². The smallest absolute Gasteiger partial charge is 0.230 e. The molecule has 1 saturated heterocycles. The number of carbonyl (C=O) groups excluding carboxylic acids is 1. The first-order valence-corrected chi connectivity index (χ1v) is 11.3. The number of hydrogen-bond donors (Lipinski definition) is 2. The quantitative estimate of drug-likeness (QED) is 0.409. The maximum Gasteiger partial charge on any atom is 0.230 e. The molecule has 9 heteroatoms. The molecule has 5 rings (SSSR count). The largest absolute Gasteiger partial charge is 0.467 e. The highest BCUT2D eigenvalue weighted by Gasteiger charge is 2.23. The van der Waals surface area contributed by atoms with Crippen LogP contribution in [0.4, 0.5) is 0 Å². The summed E-state index contributed by atoms with van der Waals surface area (Å²) in [5.41, 5.74) is 2.05. The lowest BCUT2D eigenvalue weighted by atomic mass is 10.1. The van der Waals surface area contributed by atoms with Crippen LogP contribution in [0.3, 0.4) is 0 Å². The van der Waals surface area contributed by atoms with Crippen LogP contribution in [0.1, 0.15) is 18.6 Å². The maximum absolute atomic E-state index is 12.3. The van der Waals surface area contributed by atoms with Crippen LogP contribution in [-0.4, -0.2) is 44.1 Å². The minimum atomic E-state index is -0.0817. The fourth-order valence-corrected chi connectivity index (χ4v) is 4.57. The Labute approximate surface area is 183 Å². The predicted octanol–water partition coefficient (Wildman–Crippen LogP) is 3.61. The van der Waals surface area contributed by atoms with Crippen LogP contribution >= 0.6 is 11.8 Å². The van der Waals surface area contributed by atoms with Crippen molar-refractivity contribution in [2.24, 2.45) is 0 Å².